The van der Waals surface area contributed by atoms with Crippen molar-refractivity contribution in [2.45, 2.75) is 25.9 Å². The first-order valence-corrected chi connectivity index (χ1v) is 10.4. The molecule has 0 aliphatic carbocycles. The number of nitrogens with one attached hydrogen (secondary N) is 2. The number of anilines is 2. The molecule has 0 unspecified atom stereocenters. The number of amides is 2. The molecule has 3 rings (SSSR count). The number of thioether (sulfide) groups is 1. The Balaban J connectivity index is 1.59. The number of carbonyl (C=O) groups is 2. The van der Waals surface area contributed by atoms with Crippen molar-refractivity contribution in [3.05, 3.63) is 48.8 Å². The Labute approximate surface area is 179 Å². The molecule has 2 amide bonds. The fourth-order valence-corrected chi connectivity index (χ4v) is 3.22. The first kappa shape index (κ1) is 21.5. The highest BCUT2D eigenvalue weighted by Crippen LogP contribution is 2.23. The molecule has 0 spiro atoms. The number of benzene rings is 1. The molecule has 0 aliphatic heterocycles. The monoisotopic (exact) mass is 424 g/mol. The van der Waals surface area contributed by atoms with E-state index in [1.54, 1.807) is 36.7 Å². The Morgan fingerprint density at radius 3 is 2.47 bits per heavy atom. The van der Waals surface area contributed by atoms with Gasteiger partial charge in [-0.05, 0) is 30.3 Å². The molecule has 1 aromatic carbocycles. The van der Waals surface area contributed by atoms with Crippen molar-refractivity contribution in [2.24, 2.45) is 12.5 Å². The van der Waals surface area contributed by atoms with Gasteiger partial charge in [-0.1, -0.05) is 38.6 Å². The molecule has 2 heterocycles. The van der Waals surface area contributed by atoms with E-state index in [0.29, 0.717) is 22.4 Å². The Morgan fingerprint density at radius 1 is 1.07 bits per heavy atom. The van der Waals surface area contributed by atoms with Crippen molar-refractivity contribution in [2.75, 3.05) is 16.4 Å². The first-order valence-electron chi connectivity index (χ1n) is 9.38. The topological polar surface area (TPSA) is 102 Å². The number of pyridine rings is 1. The molecule has 2 N–H and O–H groups in total. The van der Waals surface area contributed by atoms with E-state index >= 15 is 0 Å². The summed E-state index contributed by atoms with van der Waals surface area (Å²) in [5.41, 5.74) is 1.61. The van der Waals surface area contributed by atoms with Crippen LogP contribution < -0.4 is 10.6 Å². The number of hydrogen-bond donors (Lipinski definition) is 2. The summed E-state index contributed by atoms with van der Waals surface area (Å²) in [6.07, 6.45) is 3.42. The van der Waals surface area contributed by atoms with E-state index in [-0.39, 0.29) is 17.6 Å². The molecular formula is C21H24N6O2S. The minimum Gasteiger partial charge on any atom is -0.326 e. The molecule has 0 fully saturated rings. The van der Waals surface area contributed by atoms with Gasteiger partial charge >= 0.3 is 0 Å². The van der Waals surface area contributed by atoms with Crippen LogP contribution in [0, 0.1) is 5.41 Å². The van der Waals surface area contributed by atoms with Crippen molar-refractivity contribution in [1.29, 1.82) is 0 Å². The second-order valence-corrected chi connectivity index (χ2v) is 8.67. The Bertz CT molecular complexity index is 1040. The lowest BCUT2D eigenvalue weighted by molar-refractivity contribution is -0.123. The van der Waals surface area contributed by atoms with E-state index < -0.39 is 5.41 Å². The van der Waals surface area contributed by atoms with Gasteiger partial charge in [-0.2, -0.15) is 0 Å². The van der Waals surface area contributed by atoms with Crippen LogP contribution in [-0.2, 0) is 16.6 Å². The van der Waals surface area contributed by atoms with Crippen LogP contribution in [0.15, 0.2) is 53.9 Å². The highest BCUT2D eigenvalue weighted by molar-refractivity contribution is 7.99. The maximum atomic E-state index is 12.4. The molecule has 0 saturated carbocycles. The number of aromatic nitrogens is 4. The molecule has 0 saturated heterocycles. The molecule has 3 aromatic rings. The quantitative estimate of drug-likeness (QED) is 0.586. The Kier molecular flexibility index (Phi) is 6.51. The van der Waals surface area contributed by atoms with Gasteiger partial charge in [0.25, 0.3) is 0 Å². The smallest absolute Gasteiger partial charge is 0.234 e. The molecular weight excluding hydrogens is 400 g/mol. The van der Waals surface area contributed by atoms with E-state index in [4.69, 9.17) is 0 Å². The van der Waals surface area contributed by atoms with Gasteiger partial charge in [-0.15, -0.1) is 10.2 Å². The predicted molar refractivity (Wildman–Crippen MR) is 118 cm³/mol. The Hall–Kier alpha value is -3.20. The SMILES string of the molecule is Cn1c(SCC(=O)Nc2cccc(NC(=O)C(C)(C)C)c2)nnc1-c1cccnc1. The van der Waals surface area contributed by atoms with Crippen LogP contribution in [-0.4, -0.2) is 37.3 Å². The molecule has 2 aromatic heterocycles. The number of rotatable bonds is 6. The van der Waals surface area contributed by atoms with Gasteiger partial charge in [-0.25, -0.2) is 0 Å². The summed E-state index contributed by atoms with van der Waals surface area (Å²) in [4.78, 5) is 28.6. The van der Waals surface area contributed by atoms with Crippen LogP contribution in [0.4, 0.5) is 11.4 Å². The van der Waals surface area contributed by atoms with Gasteiger partial charge in [0.2, 0.25) is 11.8 Å². The largest absolute Gasteiger partial charge is 0.326 e. The normalized spacial score (nSPS) is 11.2. The average Bonchev–Trinajstić information content (AvgIpc) is 3.07. The second-order valence-electron chi connectivity index (χ2n) is 7.73. The van der Waals surface area contributed by atoms with E-state index in [1.165, 1.54) is 11.8 Å². The second kappa shape index (κ2) is 9.08. The average molecular weight is 425 g/mol. The van der Waals surface area contributed by atoms with Crippen LogP contribution in [0.1, 0.15) is 20.8 Å². The van der Waals surface area contributed by atoms with Crippen LogP contribution in [0.3, 0.4) is 0 Å². The van der Waals surface area contributed by atoms with Crippen molar-refractivity contribution in [1.82, 2.24) is 19.7 Å². The van der Waals surface area contributed by atoms with Crippen LogP contribution in [0.2, 0.25) is 0 Å². The zero-order valence-corrected chi connectivity index (χ0v) is 18.2. The Morgan fingerprint density at radius 2 is 1.80 bits per heavy atom. The number of nitrogens with zero attached hydrogens (tertiary/aromatic N) is 4. The summed E-state index contributed by atoms with van der Waals surface area (Å²) in [5, 5.41) is 14.7. The molecule has 8 nitrogen and oxygen atoms in total. The summed E-state index contributed by atoms with van der Waals surface area (Å²) in [6, 6.07) is 10.8. The molecule has 0 atom stereocenters. The summed E-state index contributed by atoms with van der Waals surface area (Å²) in [7, 11) is 1.85. The van der Waals surface area contributed by atoms with Crippen LogP contribution in [0.25, 0.3) is 11.4 Å². The number of carbonyl (C=O) groups excluding carboxylic acids is 2. The van der Waals surface area contributed by atoms with E-state index in [2.05, 4.69) is 25.8 Å². The van der Waals surface area contributed by atoms with Crippen molar-refractivity contribution >= 4 is 35.0 Å². The summed E-state index contributed by atoms with van der Waals surface area (Å²) < 4.78 is 1.83. The maximum absolute atomic E-state index is 12.4. The molecule has 30 heavy (non-hydrogen) atoms. The molecule has 0 radical (unpaired) electrons. The van der Waals surface area contributed by atoms with E-state index in [9.17, 15) is 9.59 Å². The molecule has 9 heteroatoms. The minimum absolute atomic E-state index is 0.0896. The summed E-state index contributed by atoms with van der Waals surface area (Å²) in [6.45, 7) is 5.53. The van der Waals surface area contributed by atoms with Gasteiger partial charge in [-0.3, -0.25) is 14.6 Å². The lowest BCUT2D eigenvalue weighted by Gasteiger charge is -2.18. The summed E-state index contributed by atoms with van der Waals surface area (Å²) in [5.74, 6) is 0.601. The van der Waals surface area contributed by atoms with Crippen molar-refractivity contribution < 1.29 is 9.59 Å². The lowest BCUT2D eigenvalue weighted by atomic mass is 9.95. The van der Waals surface area contributed by atoms with Crippen LogP contribution in [0.5, 0.6) is 0 Å². The first-order chi connectivity index (χ1) is 14.2. The predicted octanol–water partition coefficient (Wildman–Crippen LogP) is 3.59. The zero-order valence-electron chi connectivity index (χ0n) is 17.3. The third-order valence-electron chi connectivity index (χ3n) is 4.17. The third kappa shape index (κ3) is 5.44. The number of hydrogen-bond acceptors (Lipinski definition) is 6. The van der Waals surface area contributed by atoms with E-state index in [1.807, 2.05) is 44.5 Å². The van der Waals surface area contributed by atoms with Gasteiger partial charge in [0.15, 0.2) is 11.0 Å². The molecule has 0 bridgehead atoms. The van der Waals surface area contributed by atoms with Gasteiger partial charge < -0.3 is 15.2 Å². The fourth-order valence-electron chi connectivity index (χ4n) is 2.51. The van der Waals surface area contributed by atoms with Crippen LogP contribution >= 0.6 is 11.8 Å². The minimum atomic E-state index is -0.499. The van der Waals surface area contributed by atoms with Gasteiger partial charge in [0.05, 0.1) is 5.75 Å². The molecule has 156 valence electrons. The zero-order chi connectivity index (χ0) is 21.7. The highest BCUT2D eigenvalue weighted by atomic mass is 32.2. The van der Waals surface area contributed by atoms with Gasteiger partial charge in [0, 0.05) is 41.8 Å². The standard InChI is InChI=1S/C21H24N6O2S/c1-21(2,3)19(29)24-16-9-5-8-15(11-16)23-17(28)13-30-20-26-25-18(27(20)4)14-7-6-10-22-12-14/h5-12H,13H2,1-4H3,(H,23,28)(H,24,29). The molecule has 0 aliphatic rings. The highest BCUT2D eigenvalue weighted by Gasteiger charge is 2.21. The van der Waals surface area contributed by atoms with Crippen molar-refractivity contribution in [3.8, 4) is 11.4 Å². The van der Waals surface area contributed by atoms with E-state index in [0.717, 1.165) is 5.56 Å². The van der Waals surface area contributed by atoms with Gasteiger partial charge in [0.1, 0.15) is 0 Å². The summed E-state index contributed by atoms with van der Waals surface area (Å²) >= 11 is 1.30. The fraction of sp³-hybridized carbons (Fsp3) is 0.286. The third-order valence-corrected chi connectivity index (χ3v) is 5.19. The van der Waals surface area contributed by atoms with Crippen molar-refractivity contribution in [3.63, 3.8) is 0 Å². The lowest BCUT2D eigenvalue weighted by Crippen LogP contribution is -2.27. The maximum Gasteiger partial charge on any atom is 0.234 e.